The highest BCUT2D eigenvalue weighted by Crippen LogP contribution is 2.20. The lowest BCUT2D eigenvalue weighted by atomic mass is 10.1. The summed E-state index contributed by atoms with van der Waals surface area (Å²) < 4.78 is 26.6. The van der Waals surface area contributed by atoms with Gasteiger partial charge in [-0.15, -0.1) is 0 Å². The second-order valence-electron chi connectivity index (χ2n) is 4.35. The van der Waals surface area contributed by atoms with Crippen molar-refractivity contribution in [1.29, 1.82) is 0 Å². The van der Waals surface area contributed by atoms with Gasteiger partial charge in [-0.25, -0.2) is 13.6 Å². The van der Waals surface area contributed by atoms with Crippen LogP contribution in [0.1, 0.15) is 21.5 Å². The van der Waals surface area contributed by atoms with Crippen molar-refractivity contribution < 1.29 is 18.7 Å². The minimum Gasteiger partial charge on any atom is -0.478 e. The maximum Gasteiger partial charge on any atom is 0.336 e. The van der Waals surface area contributed by atoms with Gasteiger partial charge in [0.05, 0.1) is 5.56 Å². The van der Waals surface area contributed by atoms with Crippen LogP contribution in [0.5, 0.6) is 0 Å². The predicted molar refractivity (Wildman–Crippen MR) is 71.8 cm³/mol. The number of nitrogens with one attached hydrogen (secondary N) is 1. The molecule has 0 heterocycles. The molecule has 5 heteroatoms. The van der Waals surface area contributed by atoms with E-state index in [1.54, 1.807) is 19.1 Å². The fourth-order valence-electron chi connectivity index (χ4n) is 1.93. The fraction of sp³-hybridized carbons (Fsp3) is 0.133. The molecule has 0 unspecified atom stereocenters. The quantitative estimate of drug-likeness (QED) is 0.898. The maximum atomic E-state index is 13.5. The van der Waals surface area contributed by atoms with E-state index >= 15 is 0 Å². The summed E-state index contributed by atoms with van der Waals surface area (Å²) >= 11 is 0. The Balaban J connectivity index is 2.21. The lowest BCUT2D eigenvalue weighted by Gasteiger charge is -2.12. The number of anilines is 1. The maximum absolute atomic E-state index is 13.5. The molecule has 0 amide bonds. The van der Waals surface area contributed by atoms with Crippen LogP contribution in [0.4, 0.5) is 14.5 Å². The molecule has 0 saturated carbocycles. The molecule has 2 rings (SSSR count). The molecule has 2 N–H and O–H groups in total. The lowest BCUT2D eigenvalue weighted by Crippen LogP contribution is -2.07. The molecule has 3 nitrogen and oxygen atoms in total. The smallest absolute Gasteiger partial charge is 0.336 e. The van der Waals surface area contributed by atoms with Crippen LogP contribution in [0.25, 0.3) is 0 Å². The van der Waals surface area contributed by atoms with Crippen LogP contribution >= 0.6 is 0 Å². The molecular formula is C15H13F2NO2. The minimum atomic E-state index is -1.02. The first-order valence-electron chi connectivity index (χ1n) is 6.00. The molecule has 20 heavy (non-hydrogen) atoms. The number of carboxylic acids is 1. The van der Waals surface area contributed by atoms with Gasteiger partial charge in [0, 0.05) is 17.8 Å². The van der Waals surface area contributed by atoms with Crippen LogP contribution < -0.4 is 5.32 Å². The number of hydrogen-bond acceptors (Lipinski definition) is 2. The van der Waals surface area contributed by atoms with Crippen molar-refractivity contribution in [3.8, 4) is 0 Å². The molecule has 0 aliphatic carbocycles. The average molecular weight is 277 g/mol. The third-order valence-electron chi connectivity index (χ3n) is 3.07. The van der Waals surface area contributed by atoms with Gasteiger partial charge in [0.15, 0.2) is 11.6 Å². The second-order valence-corrected chi connectivity index (χ2v) is 4.35. The van der Waals surface area contributed by atoms with Crippen molar-refractivity contribution >= 4 is 11.7 Å². The molecule has 2 aromatic rings. The molecule has 0 bridgehead atoms. The first-order chi connectivity index (χ1) is 9.50. The van der Waals surface area contributed by atoms with Crippen molar-refractivity contribution in [2.75, 3.05) is 5.32 Å². The third kappa shape index (κ3) is 2.77. The summed E-state index contributed by atoms with van der Waals surface area (Å²) in [4.78, 5) is 11.0. The molecule has 0 spiro atoms. The van der Waals surface area contributed by atoms with E-state index in [4.69, 9.17) is 5.11 Å². The van der Waals surface area contributed by atoms with Gasteiger partial charge in [-0.3, -0.25) is 0 Å². The summed E-state index contributed by atoms with van der Waals surface area (Å²) in [6.45, 7) is 1.74. The predicted octanol–water partition coefficient (Wildman–Crippen LogP) is 3.58. The molecule has 0 radical (unpaired) electrons. The van der Waals surface area contributed by atoms with E-state index < -0.39 is 17.6 Å². The number of benzene rings is 2. The van der Waals surface area contributed by atoms with Crippen molar-refractivity contribution in [3.05, 3.63) is 64.7 Å². The van der Waals surface area contributed by atoms with Crippen LogP contribution in [0, 0.1) is 18.6 Å². The Morgan fingerprint density at radius 3 is 2.60 bits per heavy atom. The number of aromatic carboxylic acids is 1. The molecule has 2 aromatic carbocycles. The van der Waals surface area contributed by atoms with E-state index in [1.165, 1.54) is 18.2 Å². The van der Waals surface area contributed by atoms with Crippen LogP contribution in [0.15, 0.2) is 36.4 Å². The number of rotatable bonds is 4. The first-order valence-corrected chi connectivity index (χ1v) is 6.00. The molecule has 0 saturated heterocycles. The number of halogens is 2. The number of carbonyl (C=O) groups is 1. The molecular weight excluding hydrogens is 264 g/mol. The Bertz CT molecular complexity index is 656. The normalized spacial score (nSPS) is 10.3. The van der Waals surface area contributed by atoms with E-state index in [0.29, 0.717) is 11.3 Å². The highest BCUT2D eigenvalue weighted by Gasteiger charge is 2.11. The summed E-state index contributed by atoms with van der Waals surface area (Å²) in [5.74, 6) is -2.82. The number of carboxylic acid groups (broad SMARTS) is 1. The van der Waals surface area contributed by atoms with Gasteiger partial charge in [0.2, 0.25) is 0 Å². The van der Waals surface area contributed by atoms with E-state index in [0.717, 1.165) is 6.07 Å². The zero-order valence-corrected chi connectivity index (χ0v) is 10.8. The zero-order valence-electron chi connectivity index (χ0n) is 10.8. The van der Waals surface area contributed by atoms with Gasteiger partial charge in [-0.1, -0.05) is 18.2 Å². The minimum absolute atomic E-state index is 0.0769. The monoisotopic (exact) mass is 277 g/mol. The highest BCUT2D eigenvalue weighted by molar-refractivity contribution is 5.91. The Labute approximate surface area is 114 Å². The highest BCUT2D eigenvalue weighted by atomic mass is 19.2. The van der Waals surface area contributed by atoms with Gasteiger partial charge in [0.25, 0.3) is 0 Å². The van der Waals surface area contributed by atoms with E-state index in [1.807, 2.05) is 0 Å². The van der Waals surface area contributed by atoms with Gasteiger partial charge in [-0.2, -0.15) is 0 Å². The largest absolute Gasteiger partial charge is 0.478 e. The topological polar surface area (TPSA) is 49.3 Å². The van der Waals surface area contributed by atoms with Crippen molar-refractivity contribution in [1.82, 2.24) is 0 Å². The molecule has 0 aromatic heterocycles. The molecule has 0 atom stereocenters. The zero-order chi connectivity index (χ0) is 14.7. The standard InChI is InChI=1S/C15H13F2NO2/c1-9-11(15(19)20)5-3-7-13(9)18-8-10-4-2-6-12(16)14(10)17/h2-7,18H,8H2,1H3,(H,19,20). The van der Waals surface area contributed by atoms with Gasteiger partial charge in [-0.05, 0) is 30.7 Å². The Morgan fingerprint density at radius 2 is 1.90 bits per heavy atom. The van der Waals surface area contributed by atoms with Crippen molar-refractivity contribution in [2.24, 2.45) is 0 Å². The summed E-state index contributed by atoms with van der Waals surface area (Å²) in [7, 11) is 0. The van der Waals surface area contributed by atoms with Gasteiger partial charge < -0.3 is 10.4 Å². The Kier molecular flexibility index (Phi) is 3.98. The molecule has 0 aliphatic rings. The molecule has 0 fully saturated rings. The number of hydrogen-bond donors (Lipinski definition) is 2. The van der Waals surface area contributed by atoms with Crippen molar-refractivity contribution in [2.45, 2.75) is 13.5 Å². The average Bonchev–Trinajstić information content (AvgIpc) is 2.41. The van der Waals surface area contributed by atoms with Crippen LogP contribution in [0.2, 0.25) is 0 Å². The van der Waals surface area contributed by atoms with Gasteiger partial charge >= 0.3 is 5.97 Å². The summed E-state index contributed by atoms with van der Waals surface area (Å²) in [6, 6.07) is 8.73. The van der Waals surface area contributed by atoms with Crippen LogP contribution in [-0.4, -0.2) is 11.1 Å². The summed E-state index contributed by atoms with van der Waals surface area (Å²) in [5, 5.41) is 11.9. The second kappa shape index (κ2) is 5.69. The SMILES string of the molecule is Cc1c(NCc2cccc(F)c2F)cccc1C(=O)O. The van der Waals surface area contributed by atoms with Crippen LogP contribution in [-0.2, 0) is 6.54 Å². The van der Waals surface area contributed by atoms with Gasteiger partial charge in [0.1, 0.15) is 0 Å². The Hall–Kier alpha value is -2.43. The summed E-state index contributed by atoms with van der Waals surface area (Å²) in [6.07, 6.45) is 0. The first kappa shape index (κ1) is 14.0. The third-order valence-corrected chi connectivity index (χ3v) is 3.07. The fourth-order valence-corrected chi connectivity index (χ4v) is 1.93. The van der Waals surface area contributed by atoms with Crippen molar-refractivity contribution in [3.63, 3.8) is 0 Å². The molecule has 104 valence electrons. The van der Waals surface area contributed by atoms with E-state index in [9.17, 15) is 13.6 Å². The Morgan fingerprint density at radius 1 is 1.20 bits per heavy atom. The summed E-state index contributed by atoms with van der Waals surface area (Å²) in [5.41, 5.74) is 1.49. The van der Waals surface area contributed by atoms with E-state index in [-0.39, 0.29) is 17.7 Å². The molecule has 0 aliphatic heterocycles. The van der Waals surface area contributed by atoms with Crippen LogP contribution in [0.3, 0.4) is 0 Å². The van der Waals surface area contributed by atoms with E-state index in [2.05, 4.69) is 5.32 Å². The lowest BCUT2D eigenvalue weighted by molar-refractivity contribution is 0.0696.